The quantitative estimate of drug-likeness (QED) is 0.871. The molecule has 20 heavy (non-hydrogen) atoms. The number of hydrogen-bond acceptors (Lipinski definition) is 3. The van der Waals surface area contributed by atoms with Gasteiger partial charge >= 0.3 is 5.63 Å². The van der Waals surface area contributed by atoms with Gasteiger partial charge in [0.2, 0.25) is 0 Å². The summed E-state index contributed by atoms with van der Waals surface area (Å²) in [5.74, 6) is -0.372. The first-order valence-corrected chi connectivity index (χ1v) is 6.86. The molecule has 0 saturated carbocycles. The number of aryl methyl sites for hydroxylation is 1. The first-order chi connectivity index (χ1) is 9.51. The van der Waals surface area contributed by atoms with Crippen molar-refractivity contribution in [2.75, 3.05) is 0 Å². The number of fused-ring (bicyclic) bond motifs is 1. The van der Waals surface area contributed by atoms with Crippen LogP contribution in [0, 0.1) is 6.92 Å². The van der Waals surface area contributed by atoms with Crippen LogP contribution in [-0.4, -0.2) is 11.9 Å². The molecule has 0 aliphatic carbocycles. The number of carbonyl (C=O) groups excluding carboxylic acids is 1. The van der Waals surface area contributed by atoms with Gasteiger partial charge < -0.3 is 9.73 Å². The summed E-state index contributed by atoms with van der Waals surface area (Å²) in [6.45, 7) is 5.93. The van der Waals surface area contributed by atoms with Gasteiger partial charge in [-0.05, 0) is 38.5 Å². The second-order valence-electron chi connectivity index (χ2n) is 5.15. The summed E-state index contributed by atoms with van der Waals surface area (Å²) in [6.07, 6.45) is 1.86. The third kappa shape index (κ3) is 3.07. The van der Waals surface area contributed by atoms with E-state index in [1.807, 2.05) is 26.0 Å². The molecule has 0 aliphatic heterocycles. The van der Waals surface area contributed by atoms with E-state index in [-0.39, 0.29) is 17.5 Å². The Morgan fingerprint density at radius 3 is 2.80 bits per heavy atom. The van der Waals surface area contributed by atoms with Crippen LogP contribution in [0.1, 0.15) is 42.6 Å². The lowest BCUT2D eigenvalue weighted by Gasteiger charge is -2.12. The molecule has 1 aromatic carbocycles. The number of carbonyl (C=O) groups is 1. The third-order valence-corrected chi connectivity index (χ3v) is 3.23. The van der Waals surface area contributed by atoms with Gasteiger partial charge in [-0.25, -0.2) is 4.79 Å². The Bertz CT molecular complexity index is 688. The van der Waals surface area contributed by atoms with Gasteiger partial charge in [0.1, 0.15) is 11.1 Å². The molecular formula is C16H19NO3. The maximum absolute atomic E-state index is 12.1. The molecule has 4 nitrogen and oxygen atoms in total. The average Bonchev–Trinajstić information content (AvgIpc) is 2.38. The molecule has 106 valence electrons. The molecule has 1 N–H and O–H groups in total. The average molecular weight is 273 g/mol. The topological polar surface area (TPSA) is 59.3 Å². The Hall–Kier alpha value is -2.10. The summed E-state index contributed by atoms with van der Waals surface area (Å²) in [5, 5.41) is 3.58. The molecule has 0 unspecified atom stereocenters. The monoisotopic (exact) mass is 273 g/mol. The molecule has 0 aliphatic rings. The molecule has 2 aromatic rings. The van der Waals surface area contributed by atoms with Crippen molar-refractivity contribution in [2.24, 2.45) is 0 Å². The molecule has 1 heterocycles. The van der Waals surface area contributed by atoms with Crippen molar-refractivity contribution in [1.29, 1.82) is 0 Å². The predicted molar refractivity (Wildman–Crippen MR) is 79.1 cm³/mol. The normalized spacial score (nSPS) is 12.3. The van der Waals surface area contributed by atoms with E-state index >= 15 is 0 Å². The van der Waals surface area contributed by atoms with Crippen LogP contribution in [0.4, 0.5) is 0 Å². The largest absolute Gasteiger partial charge is 0.422 e. The molecule has 0 fully saturated rings. The van der Waals surface area contributed by atoms with Gasteiger partial charge in [-0.1, -0.05) is 25.0 Å². The smallest absolute Gasteiger partial charge is 0.349 e. The van der Waals surface area contributed by atoms with E-state index in [1.165, 1.54) is 0 Å². The summed E-state index contributed by atoms with van der Waals surface area (Å²) >= 11 is 0. The molecule has 1 aromatic heterocycles. The lowest BCUT2D eigenvalue weighted by molar-refractivity contribution is 0.0935. The van der Waals surface area contributed by atoms with E-state index < -0.39 is 5.63 Å². The highest BCUT2D eigenvalue weighted by atomic mass is 16.4. The van der Waals surface area contributed by atoms with Crippen molar-refractivity contribution in [3.8, 4) is 0 Å². The van der Waals surface area contributed by atoms with Crippen molar-refractivity contribution in [2.45, 2.75) is 39.7 Å². The van der Waals surface area contributed by atoms with E-state index in [2.05, 4.69) is 12.2 Å². The Labute approximate surface area is 117 Å². The van der Waals surface area contributed by atoms with E-state index in [0.717, 1.165) is 23.8 Å². The van der Waals surface area contributed by atoms with E-state index in [9.17, 15) is 9.59 Å². The minimum Gasteiger partial charge on any atom is -0.422 e. The van der Waals surface area contributed by atoms with Gasteiger partial charge in [-0.3, -0.25) is 4.79 Å². The SMILES string of the molecule is CCC[C@H](C)NC(=O)c1cc2cc(C)ccc2oc1=O. The number of hydrogen-bond donors (Lipinski definition) is 1. The molecule has 4 heteroatoms. The van der Waals surface area contributed by atoms with E-state index in [4.69, 9.17) is 4.42 Å². The van der Waals surface area contributed by atoms with Gasteiger partial charge in [0.15, 0.2) is 0 Å². The fourth-order valence-electron chi connectivity index (χ4n) is 2.21. The minimum atomic E-state index is -0.595. The molecule has 0 saturated heterocycles. The maximum Gasteiger partial charge on any atom is 0.349 e. The zero-order valence-electron chi connectivity index (χ0n) is 12.0. The van der Waals surface area contributed by atoms with Crippen molar-refractivity contribution >= 4 is 16.9 Å². The van der Waals surface area contributed by atoms with Crippen LogP contribution in [0.15, 0.2) is 33.5 Å². The van der Waals surface area contributed by atoms with Crippen molar-refractivity contribution in [1.82, 2.24) is 5.32 Å². The molecule has 0 bridgehead atoms. The summed E-state index contributed by atoms with van der Waals surface area (Å²) in [7, 11) is 0. The number of nitrogens with one attached hydrogen (secondary N) is 1. The molecule has 1 atom stereocenters. The van der Waals surface area contributed by atoms with Crippen molar-refractivity contribution < 1.29 is 9.21 Å². The highest BCUT2D eigenvalue weighted by molar-refractivity contribution is 5.96. The van der Waals surface area contributed by atoms with Gasteiger partial charge in [0.25, 0.3) is 5.91 Å². The lowest BCUT2D eigenvalue weighted by Crippen LogP contribution is -2.35. The summed E-state index contributed by atoms with van der Waals surface area (Å²) in [6, 6.07) is 7.15. The molecule has 1 amide bonds. The zero-order valence-corrected chi connectivity index (χ0v) is 12.0. The second-order valence-corrected chi connectivity index (χ2v) is 5.15. The highest BCUT2D eigenvalue weighted by Crippen LogP contribution is 2.15. The molecule has 2 rings (SSSR count). The van der Waals surface area contributed by atoms with Gasteiger partial charge in [0.05, 0.1) is 0 Å². The van der Waals surface area contributed by atoms with Crippen LogP contribution in [0.2, 0.25) is 0 Å². The third-order valence-electron chi connectivity index (χ3n) is 3.23. The Balaban J connectivity index is 2.36. The second kappa shape index (κ2) is 5.90. The zero-order chi connectivity index (χ0) is 14.7. The highest BCUT2D eigenvalue weighted by Gasteiger charge is 2.15. The first kappa shape index (κ1) is 14.3. The fraction of sp³-hybridized carbons (Fsp3) is 0.375. The van der Waals surface area contributed by atoms with E-state index in [1.54, 1.807) is 12.1 Å². The van der Waals surface area contributed by atoms with Gasteiger partial charge in [-0.2, -0.15) is 0 Å². The Kier molecular flexibility index (Phi) is 4.23. The van der Waals surface area contributed by atoms with Crippen LogP contribution in [0.5, 0.6) is 0 Å². The molecule has 0 spiro atoms. The lowest BCUT2D eigenvalue weighted by atomic mass is 10.1. The standard InChI is InChI=1S/C16H19NO3/c1-4-5-11(3)17-15(18)13-9-12-8-10(2)6-7-14(12)20-16(13)19/h6-9,11H,4-5H2,1-3H3,(H,17,18)/t11-/m0/s1. The summed E-state index contributed by atoms with van der Waals surface area (Å²) in [4.78, 5) is 24.0. The molecule has 0 radical (unpaired) electrons. The van der Waals surface area contributed by atoms with Crippen LogP contribution in [0.3, 0.4) is 0 Å². The van der Waals surface area contributed by atoms with Crippen LogP contribution in [-0.2, 0) is 0 Å². The van der Waals surface area contributed by atoms with Gasteiger partial charge in [-0.15, -0.1) is 0 Å². The fourth-order valence-corrected chi connectivity index (χ4v) is 2.21. The summed E-state index contributed by atoms with van der Waals surface area (Å²) in [5.41, 5.74) is 1.02. The minimum absolute atomic E-state index is 0.0418. The van der Waals surface area contributed by atoms with Crippen molar-refractivity contribution in [3.05, 3.63) is 45.8 Å². The number of amides is 1. The molecular weight excluding hydrogens is 254 g/mol. The summed E-state index contributed by atoms with van der Waals surface area (Å²) < 4.78 is 5.19. The number of benzene rings is 1. The number of rotatable bonds is 4. The van der Waals surface area contributed by atoms with Crippen LogP contribution < -0.4 is 10.9 Å². The van der Waals surface area contributed by atoms with Crippen LogP contribution in [0.25, 0.3) is 11.0 Å². The predicted octanol–water partition coefficient (Wildman–Crippen LogP) is 3.02. The Morgan fingerprint density at radius 1 is 1.35 bits per heavy atom. The van der Waals surface area contributed by atoms with E-state index in [0.29, 0.717) is 5.58 Å². The Morgan fingerprint density at radius 2 is 2.10 bits per heavy atom. The first-order valence-electron chi connectivity index (χ1n) is 6.86. The van der Waals surface area contributed by atoms with Gasteiger partial charge in [0, 0.05) is 11.4 Å². The van der Waals surface area contributed by atoms with Crippen LogP contribution >= 0.6 is 0 Å². The van der Waals surface area contributed by atoms with Crippen molar-refractivity contribution in [3.63, 3.8) is 0 Å². The maximum atomic E-state index is 12.1.